The van der Waals surface area contributed by atoms with E-state index in [4.69, 9.17) is 0 Å². The van der Waals surface area contributed by atoms with Gasteiger partial charge in [0.05, 0.1) is 0 Å². The van der Waals surface area contributed by atoms with Crippen molar-refractivity contribution >= 4 is 0 Å². The second-order valence-electron chi connectivity index (χ2n) is 10.2. The second-order valence-corrected chi connectivity index (χ2v) is 10.2. The lowest BCUT2D eigenvalue weighted by molar-refractivity contribution is 0.351. The lowest BCUT2D eigenvalue weighted by atomic mass is 9.88. The monoisotopic (exact) mass is 392 g/mol. The predicted molar refractivity (Wildman–Crippen MR) is 130 cm³/mol. The van der Waals surface area contributed by atoms with Gasteiger partial charge in [-0.3, -0.25) is 0 Å². The summed E-state index contributed by atoms with van der Waals surface area (Å²) in [5, 5.41) is 0. The van der Waals surface area contributed by atoms with Gasteiger partial charge in [0.15, 0.2) is 0 Å². The molecule has 0 amide bonds. The van der Waals surface area contributed by atoms with Crippen molar-refractivity contribution in [3.8, 4) is 0 Å². The van der Waals surface area contributed by atoms with Crippen LogP contribution in [0.3, 0.4) is 0 Å². The number of aryl methyl sites for hydroxylation is 1. The topological polar surface area (TPSA) is 0 Å². The molecule has 1 unspecified atom stereocenters. The van der Waals surface area contributed by atoms with Crippen LogP contribution in [0.4, 0.5) is 0 Å². The molecule has 2 aromatic carbocycles. The number of unbranched alkanes of at least 4 members (excludes halogenated alkanes) is 3. The average molecular weight is 393 g/mol. The third kappa shape index (κ3) is 10.7. The van der Waals surface area contributed by atoms with Crippen molar-refractivity contribution in [2.24, 2.45) is 11.3 Å². The number of hydrogen-bond acceptors (Lipinski definition) is 0. The molecule has 0 aliphatic rings. The molecule has 0 N–H and O–H groups in total. The maximum Gasteiger partial charge on any atom is -0.00257 e. The Morgan fingerprint density at radius 3 is 2.07 bits per heavy atom. The highest BCUT2D eigenvalue weighted by Crippen LogP contribution is 2.24. The highest BCUT2D eigenvalue weighted by atomic mass is 14.2. The molecule has 0 aromatic heterocycles. The van der Waals surface area contributed by atoms with Crippen LogP contribution in [-0.2, 0) is 12.8 Å². The van der Waals surface area contributed by atoms with E-state index < -0.39 is 0 Å². The molecule has 0 saturated carbocycles. The van der Waals surface area contributed by atoms with Crippen LogP contribution in [0.15, 0.2) is 54.6 Å². The van der Waals surface area contributed by atoms with E-state index in [1.54, 1.807) is 0 Å². The number of rotatable bonds is 13. The maximum absolute atomic E-state index is 2.42. The molecule has 0 heteroatoms. The van der Waals surface area contributed by atoms with Gasteiger partial charge >= 0.3 is 0 Å². The van der Waals surface area contributed by atoms with Crippen LogP contribution in [0.1, 0.15) is 102 Å². The quantitative estimate of drug-likeness (QED) is 0.298. The molecule has 2 rings (SSSR count). The zero-order valence-corrected chi connectivity index (χ0v) is 19.6. The number of hydrogen-bond donors (Lipinski definition) is 0. The van der Waals surface area contributed by atoms with Crippen LogP contribution >= 0.6 is 0 Å². The minimum absolute atomic E-state index is 0.504. The summed E-state index contributed by atoms with van der Waals surface area (Å²) in [6.07, 6.45) is 14.8. The first kappa shape index (κ1) is 23.7. The van der Waals surface area contributed by atoms with Crippen molar-refractivity contribution in [2.75, 3.05) is 0 Å². The highest BCUT2D eigenvalue weighted by Gasteiger charge is 2.10. The van der Waals surface area contributed by atoms with Crippen molar-refractivity contribution in [1.82, 2.24) is 0 Å². The van der Waals surface area contributed by atoms with E-state index in [2.05, 4.69) is 82.3 Å². The number of benzene rings is 2. The first-order valence-electron chi connectivity index (χ1n) is 12.1. The van der Waals surface area contributed by atoms with Gasteiger partial charge in [-0.1, -0.05) is 127 Å². The van der Waals surface area contributed by atoms with E-state index in [1.165, 1.54) is 80.9 Å². The largest absolute Gasteiger partial charge is 0.0651 e. The Kier molecular flexibility index (Phi) is 10.5. The zero-order valence-electron chi connectivity index (χ0n) is 19.6. The summed E-state index contributed by atoms with van der Waals surface area (Å²) in [7, 11) is 0. The summed E-state index contributed by atoms with van der Waals surface area (Å²) in [5.41, 5.74) is 4.86. The van der Waals surface area contributed by atoms with Crippen LogP contribution in [0.5, 0.6) is 0 Å². The van der Waals surface area contributed by atoms with Gasteiger partial charge in [-0.05, 0) is 53.7 Å². The Balaban J connectivity index is 1.65. The Labute approximate surface area is 181 Å². The van der Waals surface area contributed by atoms with Gasteiger partial charge in [0.2, 0.25) is 0 Å². The molecule has 0 heterocycles. The minimum Gasteiger partial charge on any atom is -0.0651 e. The van der Waals surface area contributed by atoms with Crippen molar-refractivity contribution in [3.05, 3.63) is 71.3 Å². The van der Waals surface area contributed by atoms with Crippen LogP contribution in [0.25, 0.3) is 0 Å². The van der Waals surface area contributed by atoms with Gasteiger partial charge in [-0.25, -0.2) is 0 Å². The molecular weight excluding hydrogens is 348 g/mol. The molecule has 1 atom stereocenters. The Morgan fingerprint density at radius 2 is 1.34 bits per heavy atom. The highest BCUT2D eigenvalue weighted by molar-refractivity contribution is 5.29. The summed E-state index contributed by atoms with van der Waals surface area (Å²) < 4.78 is 0. The van der Waals surface area contributed by atoms with E-state index >= 15 is 0 Å². The first-order valence-corrected chi connectivity index (χ1v) is 12.1. The molecule has 0 aliphatic carbocycles. The summed E-state index contributed by atoms with van der Waals surface area (Å²) in [4.78, 5) is 0. The van der Waals surface area contributed by atoms with E-state index in [1.807, 2.05) is 0 Å². The van der Waals surface area contributed by atoms with Crippen LogP contribution in [-0.4, -0.2) is 0 Å². The summed E-state index contributed by atoms with van der Waals surface area (Å²) >= 11 is 0. The fourth-order valence-corrected chi connectivity index (χ4v) is 4.32. The SMILES string of the molecule is CCC(CCCCCCC(C)(C)C)CCCc1cccc(Cc2ccccc2)c1. The van der Waals surface area contributed by atoms with E-state index in [0.717, 1.165) is 12.3 Å². The smallest absolute Gasteiger partial charge is 0.00257 e. The summed E-state index contributed by atoms with van der Waals surface area (Å²) in [6.45, 7) is 9.46. The molecular formula is C29H44. The minimum atomic E-state index is 0.504. The van der Waals surface area contributed by atoms with Gasteiger partial charge in [0, 0.05) is 0 Å². The Hall–Kier alpha value is -1.56. The van der Waals surface area contributed by atoms with Crippen molar-refractivity contribution in [3.63, 3.8) is 0 Å². The Bertz CT molecular complexity index is 662. The molecule has 0 nitrogen and oxygen atoms in total. The van der Waals surface area contributed by atoms with Gasteiger partial charge in [0.25, 0.3) is 0 Å². The fraction of sp³-hybridized carbons (Fsp3) is 0.586. The third-order valence-electron chi connectivity index (χ3n) is 6.19. The molecule has 0 spiro atoms. The first-order chi connectivity index (χ1) is 14.0. The molecule has 0 bridgehead atoms. The third-order valence-corrected chi connectivity index (χ3v) is 6.19. The second kappa shape index (κ2) is 12.9. The van der Waals surface area contributed by atoms with Crippen LogP contribution in [0.2, 0.25) is 0 Å². The zero-order chi connectivity index (χ0) is 21.0. The molecule has 0 saturated heterocycles. The van der Waals surface area contributed by atoms with Crippen LogP contribution < -0.4 is 0 Å². The van der Waals surface area contributed by atoms with Gasteiger partial charge in [0.1, 0.15) is 0 Å². The average Bonchev–Trinajstić information content (AvgIpc) is 2.69. The lowest BCUT2D eigenvalue weighted by Gasteiger charge is -2.18. The van der Waals surface area contributed by atoms with Crippen molar-refractivity contribution in [2.45, 2.75) is 98.3 Å². The van der Waals surface area contributed by atoms with Crippen molar-refractivity contribution < 1.29 is 0 Å². The predicted octanol–water partition coefficient (Wildman–Crippen LogP) is 9.01. The molecule has 0 aliphatic heterocycles. The van der Waals surface area contributed by atoms with E-state index in [0.29, 0.717) is 5.41 Å². The van der Waals surface area contributed by atoms with E-state index in [-0.39, 0.29) is 0 Å². The standard InChI is InChI=1S/C29H44/c1-5-25(15-9-6-7-12-22-29(2,3)4)18-13-19-27-20-14-21-28(24-27)23-26-16-10-8-11-17-26/h8,10-11,14,16-17,20-21,24-25H,5-7,9,12-13,15,18-19,22-23H2,1-4H3. The maximum atomic E-state index is 2.42. The van der Waals surface area contributed by atoms with Gasteiger partial charge < -0.3 is 0 Å². The molecule has 0 fully saturated rings. The lowest BCUT2D eigenvalue weighted by Crippen LogP contribution is -2.04. The molecule has 0 radical (unpaired) electrons. The van der Waals surface area contributed by atoms with Crippen LogP contribution in [0, 0.1) is 11.3 Å². The summed E-state index contributed by atoms with van der Waals surface area (Å²) in [6, 6.07) is 20.0. The fourth-order valence-electron chi connectivity index (χ4n) is 4.32. The molecule has 160 valence electrons. The van der Waals surface area contributed by atoms with E-state index in [9.17, 15) is 0 Å². The normalized spacial score (nSPS) is 12.8. The Morgan fingerprint density at radius 1 is 0.690 bits per heavy atom. The molecule has 29 heavy (non-hydrogen) atoms. The van der Waals surface area contributed by atoms with Crippen molar-refractivity contribution in [1.29, 1.82) is 0 Å². The summed E-state index contributed by atoms with van der Waals surface area (Å²) in [5.74, 6) is 0.921. The van der Waals surface area contributed by atoms with Gasteiger partial charge in [-0.15, -0.1) is 0 Å². The van der Waals surface area contributed by atoms with Gasteiger partial charge in [-0.2, -0.15) is 0 Å². The molecule has 2 aromatic rings.